The smallest absolute Gasteiger partial charge is 0.306 e. The standard InChI is InChI=1S/C15H24N2O4/c1-10(18)16-13-3-2-8-17(9-13)14(19)11-4-6-12(7-5-11)15(20)21/h11-13H,2-9H2,1H3,(H,16,18)(H,20,21). The van der Waals surface area contributed by atoms with Gasteiger partial charge >= 0.3 is 5.97 Å². The highest BCUT2D eigenvalue weighted by Crippen LogP contribution is 2.30. The normalized spacial score (nSPS) is 29.8. The molecule has 2 N–H and O–H groups in total. The molecule has 1 aliphatic heterocycles. The summed E-state index contributed by atoms with van der Waals surface area (Å²) in [4.78, 5) is 36.4. The number of rotatable bonds is 3. The van der Waals surface area contributed by atoms with Crippen LogP contribution in [0.3, 0.4) is 0 Å². The van der Waals surface area contributed by atoms with E-state index in [0.717, 1.165) is 19.4 Å². The third-order valence-electron chi connectivity index (χ3n) is 4.57. The molecule has 1 unspecified atom stereocenters. The highest BCUT2D eigenvalue weighted by Gasteiger charge is 2.33. The van der Waals surface area contributed by atoms with Crippen molar-refractivity contribution in [3.63, 3.8) is 0 Å². The lowest BCUT2D eigenvalue weighted by Crippen LogP contribution is -2.51. The van der Waals surface area contributed by atoms with E-state index in [0.29, 0.717) is 32.2 Å². The van der Waals surface area contributed by atoms with Crippen molar-refractivity contribution >= 4 is 17.8 Å². The molecular weight excluding hydrogens is 272 g/mol. The molecule has 0 spiro atoms. The van der Waals surface area contributed by atoms with Gasteiger partial charge in [0.05, 0.1) is 5.92 Å². The summed E-state index contributed by atoms with van der Waals surface area (Å²) < 4.78 is 0. The molecule has 0 aromatic heterocycles. The molecule has 0 aromatic carbocycles. The minimum atomic E-state index is -0.746. The average Bonchev–Trinajstić information content (AvgIpc) is 2.46. The van der Waals surface area contributed by atoms with E-state index < -0.39 is 5.97 Å². The number of aliphatic carboxylic acids is 1. The number of nitrogens with one attached hydrogen (secondary N) is 1. The first-order valence-electron chi connectivity index (χ1n) is 7.76. The topological polar surface area (TPSA) is 86.7 Å². The van der Waals surface area contributed by atoms with Crippen molar-refractivity contribution in [3.8, 4) is 0 Å². The molecule has 1 atom stereocenters. The van der Waals surface area contributed by atoms with Crippen molar-refractivity contribution < 1.29 is 19.5 Å². The number of piperidine rings is 1. The van der Waals surface area contributed by atoms with Gasteiger partial charge in [0.1, 0.15) is 0 Å². The lowest BCUT2D eigenvalue weighted by atomic mass is 9.81. The van der Waals surface area contributed by atoms with E-state index in [2.05, 4.69) is 5.32 Å². The van der Waals surface area contributed by atoms with Gasteiger partial charge in [-0.15, -0.1) is 0 Å². The Morgan fingerprint density at radius 2 is 1.67 bits per heavy atom. The van der Waals surface area contributed by atoms with Crippen LogP contribution in [0, 0.1) is 11.8 Å². The first kappa shape index (κ1) is 15.8. The zero-order valence-corrected chi connectivity index (χ0v) is 12.5. The van der Waals surface area contributed by atoms with Gasteiger partial charge in [-0.2, -0.15) is 0 Å². The predicted molar refractivity (Wildman–Crippen MR) is 76.5 cm³/mol. The van der Waals surface area contributed by atoms with Crippen molar-refractivity contribution in [2.45, 2.75) is 51.5 Å². The zero-order chi connectivity index (χ0) is 15.4. The first-order valence-corrected chi connectivity index (χ1v) is 7.76. The second kappa shape index (κ2) is 6.91. The molecule has 0 bridgehead atoms. The fraction of sp³-hybridized carbons (Fsp3) is 0.800. The summed E-state index contributed by atoms with van der Waals surface area (Å²) in [5.74, 6) is -1.01. The van der Waals surface area contributed by atoms with E-state index in [-0.39, 0.29) is 29.7 Å². The lowest BCUT2D eigenvalue weighted by Gasteiger charge is -2.36. The molecule has 6 nitrogen and oxygen atoms in total. The number of likely N-dealkylation sites (tertiary alicyclic amines) is 1. The summed E-state index contributed by atoms with van der Waals surface area (Å²) in [7, 11) is 0. The minimum Gasteiger partial charge on any atom is -0.481 e. The van der Waals surface area contributed by atoms with Crippen LogP contribution in [-0.4, -0.2) is 46.9 Å². The van der Waals surface area contributed by atoms with E-state index in [1.807, 2.05) is 4.90 Å². The quantitative estimate of drug-likeness (QED) is 0.813. The van der Waals surface area contributed by atoms with E-state index >= 15 is 0 Å². The van der Waals surface area contributed by atoms with Gasteiger partial charge in [0.15, 0.2) is 0 Å². The number of nitrogens with zero attached hydrogens (tertiary/aromatic N) is 1. The van der Waals surface area contributed by atoms with Crippen LogP contribution in [0.4, 0.5) is 0 Å². The second-order valence-electron chi connectivity index (χ2n) is 6.21. The van der Waals surface area contributed by atoms with Gasteiger partial charge in [0, 0.05) is 32.0 Å². The molecule has 1 heterocycles. The summed E-state index contributed by atoms with van der Waals surface area (Å²) in [6, 6.07) is 0.0514. The number of carbonyl (C=O) groups is 3. The van der Waals surface area contributed by atoms with Crippen LogP contribution >= 0.6 is 0 Å². The fourth-order valence-corrected chi connectivity index (χ4v) is 3.43. The number of carboxylic acid groups (broad SMARTS) is 1. The van der Waals surface area contributed by atoms with E-state index in [9.17, 15) is 14.4 Å². The molecule has 0 aromatic rings. The molecule has 2 fully saturated rings. The molecule has 1 saturated carbocycles. The maximum Gasteiger partial charge on any atom is 0.306 e. The molecule has 2 amide bonds. The third kappa shape index (κ3) is 4.19. The van der Waals surface area contributed by atoms with Gasteiger partial charge in [0.25, 0.3) is 0 Å². The van der Waals surface area contributed by atoms with E-state index in [1.54, 1.807) is 0 Å². The molecular formula is C15H24N2O4. The Bertz CT molecular complexity index is 416. The van der Waals surface area contributed by atoms with E-state index in [1.165, 1.54) is 6.92 Å². The number of amides is 2. The third-order valence-corrected chi connectivity index (χ3v) is 4.57. The summed E-state index contributed by atoms with van der Waals surface area (Å²) in [5, 5.41) is 11.9. The highest BCUT2D eigenvalue weighted by atomic mass is 16.4. The molecule has 6 heteroatoms. The van der Waals surface area contributed by atoms with Gasteiger partial charge in [-0.1, -0.05) is 0 Å². The summed E-state index contributed by atoms with van der Waals surface area (Å²) in [6.07, 6.45) is 4.33. The number of carbonyl (C=O) groups excluding carboxylic acids is 2. The molecule has 1 aliphatic carbocycles. The largest absolute Gasteiger partial charge is 0.481 e. The SMILES string of the molecule is CC(=O)NC1CCCN(C(=O)C2CCC(C(=O)O)CC2)C1. The van der Waals surface area contributed by atoms with Gasteiger partial charge in [0.2, 0.25) is 11.8 Å². The van der Waals surface area contributed by atoms with Gasteiger partial charge in [-0.25, -0.2) is 0 Å². The Balaban J connectivity index is 1.85. The van der Waals surface area contributed by atoms with Crippen LogP contribution in [0.5, 0.6) is 0 Å². The average molecular weight is 296 g/mol. The van der Waals surface area contributed by atoms with Gasteiger partial charge in [-0.05, 0) is 38.5 Å². The van der Waals surface area contributed by atoms with Gasteiger partial charge < -0.3 is 15.3 Å². The maximum atomic E-state index is 12.5. The second-order valence-corrected chi connectivity index (χ2v) is 6.21. The minimum absolute atomic E-state index is 0.0447. The van der Waals surface area contributed by atoms with Crippen molar-refractivity contribution in [3.05, 3.63) is 0 Å². The molecule has 118 valence electrons. The van der Waals surface area contributed by atoms with Crippen LogP contribution in [0.25, 0.3) is 0 Å². The Morgan fingerprint density at radius 1 is 1.05 bits per heavy atom. The molecule has 21 heavy (non-hydrogen) atoms. The molecule has 2 rings (SSSR count). The van der Waals surface area contributed by atoms with Crippen molar-refractivity contribution in [2.75, 3.05) is 13.1 Å². The summed E-state index contributed by atoms with van der Waals surface area (Å²) in [6.45, 7) is 2.82. The summed E-state index contributed by atoms with van der Waals surface area (Å²) >= 11 is 0. The molecule has 1 saturated heterocycles. The van der Waals surface area contributed by atoms with Crippen LogP contribution < -0.4 is 5.32 Å². The van der Waals surface area contributed by atoms with Crippen LogP contribution in [0.1, 0.15) is 45.4 Å². The predicted octanol–water partition coefficient (Wildman–Crippen LogP) is 1.00. The fourth-order valence-electron chi connectivity index (χ4n) is 3.43. The van der Waals surface area contributed by atoms with E-state index in [4.69, 9.17) is 5.11 Å². The van der Waals surface area contributed by atoms with Crippen molar-refractivity contribution in [1.82, 2.24) is 10.2 Å². The van der Waals surface area contributed by atoms with Crippen molar-refractivity contribution in [2.24, 2.45) is 11.8 Å². The van der Waals surface area contributed by atoms with Crippen LogP contribution in [0.2, 0.25) is 0 Å². The Labute approximate surface area is 124 Å². The lowest BCUT2D eigenvalue weighted by molar-refractivity contribution is -0.146. The molecule has 2 aliphatic rings. The van der Waals surface area contributed by atoms with Crippen LogP contribution in [-0.2, 0) is 14.4 Å². The Hall–Kier alpha value is -1.59. The number of hydrogen-bond donors (Lipinski definition) is 2. The highest BCUT2D eigenvalue weighted by molar-refractivity contribution is 5.80. The summed E-state index contributed by atoms with van der Waals surface area (Å²) in [5.41, 5.74) is 0. The number of carboxylic acids is 1. The molecule has 0 radical (unpaired) electrons. The van der Waals surface area contributed by atoms with Crippen LogP contribution in [0.15, 0.2) is 0 Å². The van der Waals surface area contributed by atoms with Gasteiger partial charge in [-0.3, -0.25) is 14.4 Å². The monoisotopic (exact) mass is 296 g/mol. The zero-order valence-electron chi connectivity index (χ0n) is 12.5. The van der Waals surface area contributed by atoms with Crippen molar-refractivity contribution in [1.29, 1.82) is 0 Å². The first-order chi connectivity index (χ1) is 9.97. The number of hydrogen-bond acceptors (Lipinski definition) is 3. The maximum absolute atomic E-state index is 12.5. The Kier molecular flexibility index (Phi) is 5.20. The Morgan fingerprint density at radius 3 is 2.24 bits per heavy atom.